The normalized spacial score (nSPS) is 29.5. The van der Waals surface area contributed by atoms with Crippen molar-refractivity contribution in [3.8, 4) is 0 Å². The van der Waals surface area contributed by atoms with Gasteiger partial charge in [0.25, 0.3) is 0 Å². The quantitative estimate of drug-likeness (QED) is 0.586. The van der Waals surface area contributed by atoms with Crippen LogP contribution in [-0.2, 0) is 9.53 Å². The summed E-state index contributed by atoms with van der Waals surface area (Å²) in [5.41, 5.74) is 0. The van der Waals surface area contributed by atoms with E-state index in [1.807, 2.05) is 0 Å². The first-order valence-electron chi connectivity index (χ1n) is 8.53. The number of carbonyl (C=O) groups excluding carboxylic acids is 1. The van der Waals surface area contributed by atoms with Crippen molar-refractivity contribution in [3.63, 3.8) is 0 Å². The lowest BCUT2D eigenvalue weighted by molar-refractivity contribution is -0.121. The number of amides is 1. The Hall–Kier alpha value is -0.650. The maximum atomic E-state index is 11.7. The molecular weight excluding hydrogens is 266 g/mol. The average molecular weight is 297 g/mol. The van der Waals surface area contributed by atoms with Crippen LogP contribution in [0.15, 0.2) is 0 Å². The predicted octanol–water partition coefficient (Wildman–Crippen LogP) is 1.04. The van der Waals surface area contributed by atoms with Crippen molar-refractivity contribution < 1.29 is 9.53 Å². The minimum atomic E-state index is 0.117. The Morgan fingerprint density at radius 1 is 1.19 bits per heavy atom. The van der Waals surface area contributed by atoms with Gasteiger partial charge in [-0.15, -0.1) is 0 Å². The second-order valence-corrected chi connectivity index (χ2v) is 6.30. The number of hydrogen-bond donors (Lipinski definition) is 3. The molecule has 3 unspecified atom stereocenters. The lowest BCUT2D eigenvalue weighted by atomic mass is 9.79. The summed E-state index contributed by atoms with van der Waals surface area (Å²) in [5, 5.41) is 10.2. The third-order valence-corrected chi connectivity index (χ3v) is 4.82. The standard InChI is InChI=1S/C16H31N3O2/c1-21-12-11-19-16(20)8-10-18-14-6-3-2-5-13(14)15-7-4-9-17-15/h13-15,17-18H,2-12H2,1H3,(H,19,20). The molecule has 21 heavy (non-hydrogen) atoms. The van der Waals surface area contributed by atoms with Gasteiger partial charge in [-0.1, -0.05) is 12.8 Å². The number of hydrogen-bond acceptors (Lipinski definition) is 4. The van der Waals surface area contributed by atoms with Crippen LogP contribution >= 0.6 is 0 Å². The van der Waals surface area contributed by atoms with E-state index >= 15 is 0 Å². The molecule has 0 aromatic carbocycles. The molecule has 1 saturated heterocycles. The lowest BCUT2D eigenvalue weighted by Crippen LogP contribution is -2.47. The lowest BCUT2D eigenvalue weighted by Gasteiger charge is -2.36. The largest absolute Gasteiger partial charge is 0.383 e. The molecular formula is C16H31N3O2. The van der Waals surface area contributed by atoms with E-state index < -0.39 is 0 Å². The number of nitrogens with one attached hydrogen (secondary N) is 3. The van der Waals surface area contributed by atoms with E-state index in [4.69, 9.17) is 4.74 Å². The van der Waals surface area contributed by atoms with Crippen molar-refractivity contribution in [2.45, 2.75) is 57.0 Å². The van der Waals surface area contributed by atoms with Gasteiger partial charge < -0.3 is 20.7 Å². The molecule has 2 aliphatic rings. The highest BCUT2D eigenvalue weighted by Gasteiger charge is 2.32. The van der Waals surface area contributed by atoms with Gasteiger partial charge in [-0.3, -0.25) is 4.79 Å². The van der Waals surface area contributed by atoms with Crippen LogP contribution in [0.25, 0.3) is 0 Å². The maximum absolute atomic E-state index is 11.7. The fourth-order valence-electron chi connectivity index (χ4n) is 3.72. The summed E-state index contributed by atoms with van der Waals surface area (Å²) < 4.78 is 4.93. The molecule has 0 bridgehead atoms. The van der Waals surface area contributed by atoms with Crippen molar-refractivity contribution in [3.05, 3.63) is 0 Å². The molecule has 1 amide bonds. The zero-order chi connectivity index (χ0) is 14.9. The van der Waals surface area contributed by atoms with Gasteiger partial charge in [-0.05, 0) is 38.1 Å². The van der Waals surface area contributed by atoms with Crippen molar-refractivity contribution >= 4 is 5.91 Å². The molecule has 2 fully saturated rings. The summed E-state index contributed by atoms with van der Waals surface area (Å²) in [7, 11) is 1.65. The average Bonchev–Trinajstić information content (AvgIpc) is 3.02. The Morgan fingerprint density at radius 3 is 2.81 bits per heavy atom. The Labute approximate surface area is 128 Å². The predicted molar refractivity (Wildman–Crippen MR) is 84.3 cm³/mol. The SMILES string of the molecule is COCCNC(=O)CCNC1CCCCC1C1CCCN1. The minimum Gasteiger partial charge on any atom is -0.383 e. The van der Waals surface area contributed by atoms with Crippen LogP contribution in [0.3, 0.4) is 0 Å². The maximum Gasteiger partial charge on any atom is 0.221 e. The Kier molecular flexibility index (Phi) is 7.47. The van der Waals surface area contributed by atoms with Crippen LogP contribution in [-0.4, -0.2) is 51.3 Å². The summed E-state index contributed by atoms with van der Waals surface area (Å²) in [6.07, 6.45) is 8.46. The summed E-state index contributed by atoms with van der Waals surface area (Å²) in [5.74, 6) is 0.865. The van der Waals surface area contributed by atoms with Crippen LogP contribution in [0.2, 0.25) is 0 Å². The number of rotatable bonds is 8. The minimum absolute atomic E-state index is 0.117. The number of ether oxygens (including phenoxy) is 1. The Morgan fingerprint density at radius 2 is 2.05 bits per heavy atom. The number of carbonyl (C=O) groups is 1. The summed E-state index contributed by atoms with van der Waals surface area (Å²) in [6.45, 7) is 3.15. The van der Waals surface area contributed by atoms with Crippen LogP contribution in [0.5, 0.6) is 0 Å². The Balaban J connectivity index is 1.66. The van der Waals surface area contributed by atoms with Gasteiger partial charge in [0.2, 0.25) is 5.91 Å². The van der Waals surface area contributed by atoms with Gasteiger partial charge in [-0.25, -0.2) is 0 Å². The third kappa shape index (κ3) is 5.57. The van der Waals surface area contributed by atoms with Crippen molar-refractivity contribution in [2.75, 3.05) is 33.4 Å². The molecule has 0 aromatic rings. The molecule has 5 nitrogen and oxygen atoms in total. The molecule has 3 N–H and O–H groups in total. The molecule has 1 saturated carbocycles. The molecule has 1 heterocycles. The zero-order valence-corrected chi connectivity index (χ0v) is 13.3. The van der Waals surface area contributed by atoms with E-state index in [0.717, 1.165) is 12.5 Å². The molecule has 122 valence electrons. The van der Waals surface area contributed by atoms with Crippen LogP contribution in [0.4, 0.5) is 0 Å². The van der Waals surface area contributed by atoms with Crippen molar-refractivity contribution in [1.82, 2.24) is 16.0 Å². The highest BCUT2D eigenvalue weighted by molar-refractivity contribution is 5.76. The smallest absolute Gasteiger partial charge is 0.221 e. The van der Waals surface area contributed by atoms with E-state index in [9.17, 15) is 4.79 Å². The fourth-order valence-corrected chi connectivity index (χ4v) is 3.72. The highest BCUT2D eigenvalue weighted by atomic mass is 16.5. The first kappa shape index (κ1) is 16.7. The zero-order valence-electron chi connectivity index (χ0n) is 13.3. The van der Waals surface area contributed by atoms with Gasteiger partial charge in [0.15, 0.2) is 0 Å². The molecule has 0 radical (unpaired) electrons. The van der Waals surface area contributed by atoms with Gasteiger partial charge in [0, 0.05) is 38.7 Å². The fraction of sp³-hybridized carbons (Fsp3) is 0.938. The first-order chi connectivity index (χ1) is 10.3. The molecule has 0 spiro atoms. The van der Waals surface area contributed by atoms with Crippen LogP contribution in [0, 0.1) is 5.92 Å². The molecule has 1 aliphatic carbocycles. The van der Waals surface area contributed by atoms with Crippen molar-refractivity contribution in [1.29, 1.82) is 0 Å². The second kappa shape index (κ2) is 9.38. The molecule has 3 atom stereocenters. The first-order valence-corrected chi connectivity index (χ1v) is 8.53. The summed E-state index contributed by atoms with van der Waals surface area (Å²) in [4.78, 5) is 11.7. The topological polar surface area (TPSA) is 62.4 Å². The number of methoxy groups -OCH3 is 1. The van der Waals surface area contributed by atoms with Gasteiger partial charge in [0.05, 0.1) is 6.61 Å². The Bertz CT molecular complexity index is 306. The van der Waals surface area contributed by atoms with Gasteiger partial charge in [0.1, 0.15) is 0 Å². The monoisotopic (exact) mass is 297 g/mol. The summed E-state index contributed by atoms with van der Waals surface area (Å²) >= 11 is 0. The van der Waals surface area contributed by atoms with E-state index in [2.05, 4.69) is 16.0 Å². The van der Waals surface area contributed by atoms with Crippen LogP contribution in [0.1, 0.15) is 44.9 Å². The summed E-state index contributed by atoms with van der Waals surface area (Å²) in [6, 6.07) is 1.28. The molecule has 0 aromatic heterocycles. The third-order valence-electron chi connectivity index (χ3n) is 4.82. The van der Waals surface area contributed by atoms with Gasteiger partial charge in [-0.2, -0.15) is 0 Å². The van der Waals surface area contributed by atoms with Gasteiger partial charge >= 0.3 is 0 Å². The molecule has 5 heteroatoms. The molecule has 1 aliphatic heterocycles. The van der Waals surface area contributed by atoms with E-state index in [1.165, 1.54) is 45.1 Å². The van der Waals surface area contributed by atoms with E-state index in [1.54, 1.807) is 7.11 Å². The van der Waals surface area contributed by atoms with E-state index in [0.29, 0.717) is 31.7 Å². The van der Waals surface area contributed by atoms with Crippen LogP contribution < -0.4 is 16.0 Å². The second-order valence-electron chi connectivity index (χ2n) is 6.30. The van der Waals surface area contributed by atoms with E-state index in [-0.39, 0.29) is 5.91 Å². The molecule has 2 rings (SSSR count). The highest BCUT2D eigenvalue weighted by Crippen LogP contribution is 2.30. The van der Waals surface area contributed by atoms with Crippen molar-refractivity contribution in [2.24, 2.45) is 5.92 Å².